The molecule has 1 atom stereocenters. The molecule has 0 bridgehead atoms. The predicted octanol–water partition coefficient (Wildman–Crippen LogP) is 2.73. The van der Waals surface area contributed by atoms with Gasteiger partial charge in [0.25, 0.3) is 5.91 Å². The number of hydrogen-bond donors (Lipinski definition) is 0. The third kappa shape index (κ3) is 3.11. The van der Waals surface area contributed by atoms with Gasteiger partial charge in [-0.3, -0.25) is 9.59 Å². The second kappa shape index (κ2) is 6.79. The minimum atomic E-state index is -0.0546. The number of nitrogens with zero attached hydrogens (tertiary/aromatic N) is 4. The van der Waals surface area contributed by atoms with E-state index in [9.17, 15) is 9.59 Å². The minimum Gasteiger partial charge on any atom is -0.338 e. The number of thiophene rings is 1. The molecule has 4 rings (SSSR count). The van der Waals surface area contributed by atoms with Gasteiger partial charge in [0.15, 0.2) is 5.82 Å². The molecule has 136 valence electrons. The second-order valence-electron chi connectivity index (χ2n) is 6.96. The van der Waals surface area contributed by atoms with E-state index in [1.165, 1.54) is 11.3 Å². The lowest BCUT2D eigenvalue weighted by molar-refractivity contribution is -0.129. The van der Waals surface area contributed by atoms with Gasteiger partial charge in [-0.1, -0.05) is 0 Å². The van der Waals surface area contributed by atoms with Crippen LogP contribution in [0.1, 0.15) is 57.4 Å². The predicted molar refractivity (Wildman–Crippen MR) is 98.9 cm³/mol. The molecule has 0 saturated carbocycles. The number of carbonyl (C=O) groups is 2. The monoisotopic (exact) mass is 370 g/mol. The summed E-state index contributed by atoms with van der Waals surface area (Å²) in [5.41, 5.74) is 2.03. The number of carbonyl (C=O) groups excluding carboxylic acids is 2. The van der Waals surface area contributed by atoms with Crippen molar-refractivity contribution in [3.8, 4) is 0 Å². The molecule has 2 aromatic heterocycles. The minimum absolute atomic E-state index is 0.0546. The van der Waals surface area contributed by atoms with Crippen molar-refractivity contribution in [1.82, 2.24) is 19.8 Å². The third-order valence-corrected chi connectivity index (χ3v) is 6.15. The molecule has 2 amide bonds. The van der Waals surface area contributed by atoms with Gasteiger partial charge in [0.2, 0.25) is 5.91 Å². The van der Waals surface area contributed by atoms with E-state index in [0.29, 0.717) is 13.1 Å². The van der Waals surface area contributed by atoms with Gasteiger partial charge in [0, 0.05) is 49.6 Å². The van der Waals surface area contributed by atoms with Crippen LogP contribution in [0.15, 0.2) is 18.3 Å². The van der Waals surface area contributed by atoms with Crippen molar-refractivity contribution in [1.29, 1.82) is 0 Å². The third-order valence-electron chi connectivity index (χ3n) is 5.16. The number of rotatable bonds is 2. The van der Waals surface area contributed by atoms with Gasteiger partial charge in [-0.2, -0.15) is 0 Å². The first-order valence-corrected chi connectivity index (χ1v) is 9.82. The Morgan fingerprint density at radius 3 is 2.85 bits per heavy atom. The summed E-state index contributed by atoms with van der Waals surface area (Å²) in [6, 6.07) is 3.84. The molecule has 7 heteroatoms. The Morgan fingerprint density at radius 1 is 1.27 bits per heavy atom. The van der Waals surface area contributed by atoms with Crippen LogP contribution in [0.4, 0.5) is 0 Å². The Bertz CT molecular complexity index is 863. The highest BCUT2D eigenvalue weighted by Crippen LogP contribution is 2.33. The smallest absolute Gasteiger partial charge is 0.264 e. The van der Waals surface area contributed by atoms with E-state index in [0.717, 1.165) is 52.6 Å². The van der Waals surface area contributed by atoms with Crippen LogP contribution >= 0.6 is 11.3 Å². The molecular weight excluding hydrogens is 348 g/mol. The lowest BCUT2D eigenvalue weighted by atomic mass is 10.1. The van der Waals surface area contributed by atoms with E-state index in [4.69, 9.17) is 4.98 Å². The Morgan fingerprint density at radius 2 is 2.12 bits per heavy atom. The zero-order valence-electron chi connectivity index (χ0n) is 15.1. The summed E-state index contributed by atoms with van der Waals surface area (Å²) >= 11 is 1.54. The molecule has 1 fully saturated rings. The highest BCUT2D eigenvalue weighted by molar-refractivity contribution is 7.13. The van der Waals surface area contributed by atoms with Crippen LogP contribution in [-0.2, 0) is 17.8 Å². The maximum Gasteiger partial charge on any atom is 0.264 e. The van der Waals surface area contributed by atoms with Gasteiger partial charge < -0.3 is 9.80 Å². The number of likely N-dealkylation sites (tertiary alicyclic amines) is 1. The van der Waals surface area contributed by atoms with Crippen molar-refractivity contribution >= 4 is 23.2 Å². The first-order valence-electron chi connectivity index (χ1n) is 9.00. The van der Waals surface area contributed by atoms with Crippen molar-refractivity contribution in [2.75, 3.05) is 13.1 Å². The molecule has 2 aliphatic heterocycles. The number of fused-ring (bicyclic) bond motifs is 1. The van der Waals surface area contributed by atoms with E-state index < -0.39 is 0 Å². The van der Waals surface area contributed by atoms with Crippen LogP contribution in [0.3, 0.4) is 0 Å². The molecule has 0 N–H and O–H groups in total. The maximum atomic E-state index is 12.9. The van der Waals surface area contributed by atoms with Crippen molar-refractivity contribution in [2.45, 2.75) is 45.7 Å². The Kier molecular flexibility index (Phi) is 4.48. The van der Waals surface area contributed by atoms with Crippen molar-refractivity contribution < 1.29 is 9.59 Å². The van der Waals surface area contributed by atoms with Crippen molar-refractivity contribution in [3.05, 3.63) is 45.2 Å². The highest BCUT2D eigenvalue weighted by atomic mass is 32.1. The van der Waals surface area contributed by atoms with Crippen LogP contribution in [-0.4, -0.2) is 44.7 Å². The van der Waals surface area contributed by atoms with Gasteiger partial charge in [0.05, 0.1) is 16.6 Å². The molecule has 0 spiro atoms. The molecule has 0 radical (unpaired) electrons. The van der Waals surface area contributed by atoms with Crippen LogP contribution < -0.4 is 0 Å². The zero-order valence-corrected chi connectivity index (χ0v) is 15.9. The lowest BCUT2D eigenvalue weighted by Crippen LogP contribution is -2.35. The number of aromatic nitrogens is 2. The van der Waals surface area contributed by atoms with Crippen molar-refractivity contribution in [3.63, 3.8) is 0 Å². The summed E-state index contributed by atoms with van der Waals surface area (Å²) in [5, 5.41) is 0. The molecule has 1 saturated heterocycles. The first kappa shape index (κ1) is 17.1. The van der Waals surface area contributed by atoms with E-state index in [1.807, 2.05) is 35.1 Å². The Labute approximate surface area is 156 Å². The molecular formula is C19H22N4O2S. The average Bonchev–Trinajstić information content (AvgIpc) is 3.29. The van der Waals surface area contributed by atoms with Gasteiger partial charge in [0.1, 0.15) is 0 Å². The molecule has 1 unspecified atom stereocenters. The highest BCUT2D eigenvalue weighted by Gasteiger charge is 2.33. The van der Waals surface area contributed by atoms with E-state index in [-0.39, 0.29) is 17.9 Å². The molecule has 0 aliphatic carbocycles. The van der Waals surface area contributed by atoms with Crippen LogP contribution in [0.25, 0.3) is 0 Å². The molecule has 0 aromatic carbocycles. The summed E-state index contributed by atoms with van der Waals surface area (Å²) < 4.78 is 0. The fraction of sp³-hybridized carbons (Fsp3) is 0.474. The maximum absolute atomic E-state index is 12.9. The Balaban J connectivity index is 1.57. The van der Waals surface area contributed by atoms with Gasteiger partial charge in [-0.05, 0) is 31.9 Å². The zero-order chi connectivity index (χ0) is 18.3. The molecule has 4 heterocycles. The summed E-state index contributed by atoms with van der Waals surface area (Å²) in [4.78, 5) is 39.5. The van der Waals surface area contributed by atoms with E-state index >= 15 is 0 Å². The fourth-order valence-corrected chi connectivity index (χ4v) is 4.55. The number of amides is 2. The number of aryl methyl sites for hydroxylation is 1. The lowest BCUT2D eigenvalue weighted by Gasteiger charge is -2.28. The summed E-state index contributed by atoms with van der Waals surface area (Å²) in [6.07, 6.45) is 4.45. The van der Waals surface area contributed by atoms with Gasteiger partial charge in [-0.25, -0.2) is 9.97 Å². The van der Waals surface area contributed by atoms with Crippen LogP contribution in [0.2, 0.25) is 0 Å². The summed E-state index contributed by atoms with van der Waals surface area (Å²) in [7, 11) is 0. The van der Waals surface area contributed by atoms with Crippen LogP contribution in [0.5, 0.6) is 0 Å². The van der Waals surface area contributed by atoms with Crippen LogP contribution in [0, 0.1) is 6.92 Å². The topological polar surface area (TPSA) is 66.4 Å². The molecule has 2 aliphatic rings. The molecule has 26 heavy (non-hydrogen) atoms. The average molecular weight is 370 g/mol. The largest absolute Gasteiger partial charge is 0.338 e. The Hall–Kier alpha value is -2.28. The SMILES string of the molecule is CC(=O)N1CCc2nc(C3CCCN3C(=O)c3ccc(C)s3)ncc2C1. The molecule has 2 aromatic rings. The fourth-order valence-electron chi connectivity index (χ4n) is 3.73. The standard InChI is InChI=1S/C19H22N4O2S/c1-12-5-6-17(26-12)19(25)23-8-3-4-16(23)18-20-10-14-11-22(13(2)24)9-7-15(14)21-18/h5-6,10,16H,3-4,7-9,11H2,1-2H3. The number of hydrogen-bond acceptors (Lipinski definition) is 5. The second-order valence-corrected chi connectivity index (χ2v) is 8.25. The first-order chi connectivity index (χ1) is 12.5. The van der Waals surface area contributed by atoms with E-state index in [2.05, 4.69) is 4.98 Å². The van der Waals surface area contributed by atoms with Gasteiger partial charge >= 0.3 is 0 Å². The summed E-state index contributed by atoms with van der Waals surface area (Å²) in [5.74, 6) is 0.896. The van der Waals surface area contributed by atoms with Crippen molar-refractivity contribution in [2.24, 2.45) is 0 Å². The normalized spacial score (nSPS) is 19.5. The molecule has 6 nitrogen and oxygen atoms in total. The quantitative estimate of drug-likeness (QED) is 0.815. The van der Waals surface area contributed by atoms with E-state index in [1.54, 1.807) is 6.92 Å². The summed E-state index contributed by atoms with van der Waals surface area (Å²) in [6.45, 7) is 5.63. The van der Waals surface area contributed by atoms with Gasteiger partial charge in [-0.15, -0.1) is 11.3 Å².